The van der Waals surface area contributed by atoms with Crippen molar-refractivity contribution in [3.8, 4) is 11.5 Å². The van der Waals surface area contributed by atoms with Crippen molar-refractivity contribution < 1.29 is 23.8 Å². The van der Waals surface area contributed by atoms with Gasteiger partial charge < -0.3 is 19.5 Å². The number of carbonyl (C=O) groups is 2. The topological polar surface area (TPSA) is 73.9 Å². The third-order valence-corrected chi connectivity index (χ3v) is 5.40. The second-order valence-electron chi connectivity index (χ2n) is 7.06. The summed E-state index contributed by atoms with van der Waals surface area (Å²) in [4.78, 5) is 24.9. The highest BCUT2D eigenvalue weighted by molar-refractivity contribution is 6.30. The number of hydrogen-bond acceptors (Lipinski definition) is 5. The second kappa shape index (κ2) is 8.74. The van der Waals surface area contributed by atoms with Crippen LogP contribution in [0, 0.1) is 0 Å². The van der Waals surface area contributed by atoms with Crippen LogP contribution in [0.4, 0.5) is 0 Å². The first-order valence-corrected chi connectivity index (χ1v) is 9.72. The van der Waals surface area contributed by atoms with E-state index in [9.17, 15) is 9.59 Å². The van der Waals surface area contributed by atoms with Crippen molar-refractivity contribution in [3.63, 3.8) is 0 Å². The molecule has 0 radical (unpaired) electrons. The van der Waals surface area contributed by atoms with Gasteiger partial charge in [0.25, 0.3) is 5.91 Å². The van der Waals surface area contributed by atoms with Crippen molar-refractivity contribution in [3.05, 3.63) is 58.6 Å². The van der Waals surface area contributed by atoms with Gasteiger partial charge in [0.2, 0.25) is 0 Å². The molecule has 0 aliphatic heterocycles. The van der Waals surface area contributed by atoms with Gasteiger partial charge in [-0.2, -0.15) is 0 Å². The number of nitrogens with one attached hydrogen (secondary N) is 1. The fraction of sp³-hybridized carbons (Fsp3) is 0.364. The molecule has 1 aliphatic carbocycles. The molecule has 1 saturated carbocycles. The van der Waals surface area contributed by atoms with E-state index < -0.39 is 5.41 Å². The van der Waals surface area contributed by atoms with Gasteiger partial charge in [-0.05, 0) is 55.7 Å². The number of hydrogen-bond donors (Lipinski definition) is 1. The van der Waals surface area contributed by atoms with Crippen LogP contribution in [-0.4, -0.2) is 32.7 Å². The van der Waals surface area contributed by atoms with E-state index in [1.54, 1.807) is 44.6 Å². The predicted octanol–water partition coefficient (Wildman–Crippen LogP) is 3.81. The molecule has 0 unspecified atom stereocenters. The summed E-state index contributed by atoms with van der Waals surface area (Å²) in [5, 5.41) is 3.44. The Kier molecular flexibility index (Phi) is 6.33. The molecule has 2 aromatic rings. The van der Waals surface area contributed by atoms with Gasteiger partial charge in [-0.1, -0.05) is 23.7 Å². The Hall–Kier alpha value is -2.73. The van der Waals surface area contributed by atoms with Gasteiger partial charge in [0.05, 0.1) is 25.7 Å². The van der Waals surface area contributed by atoms with Crippen molar-refractivity contribution in [2.45, 2.75) is 31.2 Å². The third-order valence-electron chi connectivity index (χ3n) is 5.15. The third kappa shape index (κ3) is 4.65. The Morgan fingerprint density at radius 3 is 2.38 bits per heavy atom. The molecule has 3 rings (SSSR count). The molecule has 1 fully saturated rings. The molecule has 6 nitrogen and oxygen atoms in total. The summed E-state index contributed by atoms with van der Waals surface area (Å²) in [5.74, 6) is 0.520. The van der Waals surface area contributed by atoms with E-state index in [-0.39, 0.29) is 24.5 Å². The molecule has 1 atom stereocenters. The van der Waals surface area contributed by atoms with Crippen molar-refractivity contribution in [1.29, 1.82) is 0 Å². The van der Waals surface area contributed by atoms with Gasteiger partial charge in [-0.25, -0.2) is 0 Å². The van der Waals surface area contributed by atoms with Crippen LogP contribution in [0.1, 0.15) is 36.9 Å². The first kappa shape index (κ1) is 21.0. The summed E-state index contributed by atoms with van der Waals surface area (Å²) < 4.78 is 15.9. The van der Waals surface area contributed by atoms with Crippen LogP contribution in [0.15, 0.2) is 42.5 Å². The minimum atomic E-state index is -0.660. The van der Waals surface area contributed by atoms with E-state index in [1.165, 1.54) is 0 Å². The van der Waals surface area contributed by atoms with E-state index in [2.05, 4.69) is 5.32 Å². The lowest BCUT2D eigenvalue weighted by Gasteiger charge is -2.19. The molecular weight excluding hydrogens is 394 g/mol. The molecule has 0 heterocycles. The average molecular weight is 418 g/mol. The van der Waals surface area contributed by atoms with Crippen LogP contribution in [0.2, 0.25) is 5.02 Å². The van der Waals surface area contributed by atoms with Crippen LogP contribution in [0.3, 0.4) is 0 Å². The molecule has 0 bridgehead atoms. The van der Waals surface area contributed by atoms with E-state index in [1.807, 2.05) is 19.1 Å². The van der Waals surface area contributed by atoms with Crippen LogP contribution >= 0.6 is 11.6 Å². The number of rotatable bonds is 8. The first-order chi connectivity index (χ1) is 13.9. The normalized spacial score (nSPS) is 15.2. The molecule has 1 amide bonds. The molecule has 0 saturated heterocycles. The minimum absolute atomic E-state index is 0.342. The average Bonchev–Trinajstić information content (AvgIpc) is 3.54. The fourth-order valence-electron chi connectivity index (χ4n) is 3.31. The highest BCUT2D eigenvalue weighted by Crippen LogP contribution is 2.49. The van der Waals surface area contributed by atoms with Gasteiger partial charge in [0, 0.05) is 10.6 Å². The summed E-state index contributed by atoms with van der Waals surface area (Å²) >= 11 is 5.92. The Morgan fingerprint density at radius 2 is 1.79 bits per heavy atom. The van der Waals surface area contributed by atoms with Gasteiger partial charge in [-0.3, -0.25) is 9.59 Å². The summed E-state index contributed by atoms with van der Waals surface area (Å²) in [7, 11) is 3.14. The number of esters is 1. The van der Waals surface area contributed by atoms with Crippen LogP contribution in [0.5, 0.6) is 11.5 Å². The zero-order valence-corrected chi connectivity index (χ0v) is 17.4. The Balaban J connectivity index is 1.59. The van der Waals surface area contributed by atoms with Gasteiger partial charge in [0.1, 0.15) is 11.5 Å². The SMILES string of the molecule is COc1ccc(OC)c([C@H](C)NC(=O)COC(=O)C2(c3ccc(Cl)cc3)CC2)c1. The summed E-state index contributed by atoms with van der Waals surface area (Å²) in [5.41, 5.74) is 0.972. The maximum Gasteiger partial charge on any atom is 0.317 e. The van der Waals surface area contributed by atoms with Crippen molar-refractivity contribution in [2.75, 3.05) is 20.8 Å². The Labute approximate surface area is 175 Å². The summed E-state index contributed by atoms with van der Waals surface area (Å²) in [6.45, 7) is 1.48. The number of ether oxygens (including phenoxy) is 3. The molecule has 1 N–H and O–H groups in total. The molecule has 0 aromatic heterocycles. The van der Waals surface area contributed by atoms with E-state index in [0.717, 1.165) is 11.1 Å². The highest BCUT2D eigenvalue weighted by Gasteiger charge is 2.52. The molecule has 0 spiro atoms. The fourth-order valence-corrected chi connectivity index (χ4v) is 3.44. The molecule has 7 heteroatoms. The van der Waals surface area contributed by atoms with Crippen LogP contribution in [0.25, 0.3) is 0 Å². The standard InChI is InChI=1S/C22H24ClNO5/c1-14(18-12-17(27-2)8-9-19(18)28-3)24-20(25)13-29-21(26)22(10-11-22)15-4-6-16(23)7-5-15/h4-9,12,14H,10-11,13H2,1-3H3,(H,24,25)/t14-/m0/s1. The number of benzene rings is 2. The maximum atomic E-state index is 12.6. The lowest BCUT2D eigenvalue weighted by Crippen LogP contribution is -2.33. The van der Waals surface area contributed by atoms with Gasteiger partial charge in [0.15, 0.2) is 6.61 Å². The summed E-state index contributed by atoms with van der Waals surface area (Å²) in [6.07, 6.45) is 1.40. The van der Waals surface area contributed by atoms with E-state index >= 15 is 0 Å². The predicted molar refractivity (Wildman–Crippen MR) is 109 cm³/mol. The largest absolute Gasteiger partial charge is 0.497 e. The summed E-state index contributed by atoms with van der Waals surface area (Å²) in [6, 6.07) is 12.2. The Morgan fingerprint density at radius 1 is 1.10 bits per heavy atom. The molecule has 154 valence electrons. The zero-order valence-electron chi connectivity index (χ0n) is 16.7. The lowest BCUT2D eigenvalue weighted by molar-refractivity contribution is -0.151. The highest BCUT2D eigenvalue weighted by atomic mass is 35.5. The quantitative estimate of drug-likeness (QED) is 0.661. The van der Waals surface area contributed by atoms with Crippen molar-refractivity contribution in [1.82, 2.24) is 5.32 Å². The number of carbonyl (C=O) groups excluding carboxylic acids is 2. The van der Waals surface area contributed by atoms with Gasteiger partial charge in [-0.15, -0.1) is 0 Å². The number of amides is 1. The molecule has 29 heavy (non-hydrogen) atoms. The molecular formula is C22H24ClNO5. The van der Waals surface area contributed by atoms with Crippen molar-refractivity contribution in [2.24, 2.45) is 0 Å². The van der Waals surface area contributed by atoms with Crippen molar-refractivity contribution >= 4 is 23.5 Å². The van der Waals surface area contributed by atoms with Crippen LogP contribution in [-0.2, 0) is 19.7 Å². The number of methoxy groups -OCH3 is 2. The first-order valence-electron chi connectivity index (χ1n) is 9.34. The lowest BCUT2D eigenvalue weighted by atomic mass is 9.96. The van der Waals surface area contributed by atoms with E-state index in [0.29, 0.717) is 29.4 Å². The number of halogens is 1. The van der Waals surface area contributed by atoms with Gasteiger partial charge >= 0.3 is 5.97 Å². The molecule has 2 aromatic carbocycles. The maximum absolute atomic E-state index is 12.6. The van der Waals surface area contributed by atoms with Crippen LogP contribution < -0.4 is 14.8 Å². The monoisotopic (exact) mass is 417 g/mol. The zero-order chi connectivity index (χ0) is 21.0. The van der Waals surface area contributed by atoms with E-state index in [4.69, 9.17) is 25.8 Å². The minimum Gasteiger partial charge on any atom is -0.497 e. The Bertz CT molecular complexity index is 893. The molecule has 1 aliphatic rings. The smallest absolute Gasteiger partial charge is 0.317 e. The second-order valence-corrected chi connectivity index (χ2v) is 7.50.